The second-order valence-electron chi connectivity index (χ2n) is 10.0. The van der Waals surface area contributed by atoms with Crippen LogP contribution in [0.25, 0.3) is 11.1 Å². The zero-order chi connectivity index (χ0) is 21.8. The molecule has 1 heterocycles. The number of carbonyl (C=O) groups is 1. The van der Waals surface area contributed by atoms with Crippen LogP contribution < -0.4 is 10.1 Å². The molecule has 0 aromatic heterocycles. The van der Waals surface area contributed by atoms with Crippen molar-refractivity contribution in [2.75, 3.05) is 26.7 Å². The summed E-state index contributed by atoms with van der Waals surface area (Å²) >= 11 is 0. The zero-order valence-electron chi connectivity index (χ0n) is 19.2. The van der Waals surface area contributed by atoms with Gasteiger partial charge in [-0.1, -0.05) is 44.5 Å². The predicted octanol–water partition coefficient (Wildman–Crippen LogP) is 5.38. The standard InChI is InChI=1S/C27H36N2O2/c1-27(2)15-5-7-23(27)19-28-26(30)21-11-9-20(10-12-21)22-6-4-8-25(18-22)31-24-13-16-29(3)17-14-24/h4,6,8-12,18,23-24H,5,7,13-17,19H2,1-3H3,(H,28,30). The van der Waals surface area contributed by atoms with Gasteiger partial charge in [0.2, 0.25) is 0 Å². The lowest BCUT2D eigenvalue weighted by molar-refractivity contribution is 0.0937. The molecule has 1 aliphatic heterocycles. The summed E-state index contributed by atoms with van der Waals surface area (Å²) < 4.78 is 6.23. The molecule has 1 saturated heterocycles. The van der Waals surface area contributed by atoms with Crippen molar-refractivity contribution in [2.45, 2.75) is 52.1 Å². The summed E-state index contributed by atoms with van der Waals surface area (Å²) in [5, 5.41) is 3.15. The summed E-state index contributed by atoms with van der Waals surface area (Å²) in [6.45, 7) is 7.58. The smallest absolute Gasteiger partial charge is 0.251 e. The van der Waals surface area contributed by atoms with Gasteiger partial charge in [0.05, 0.1) is 0 Å². The van der Waals surface area contributed by atoms with Gasteiger partial charge < -0.3 is 15.0 Å². The quantitative estimate of drug-likeness (QED) is 0.682. The summed E-state index contributed by atoms with van der Waals surface area (Å²) in [5.74, 6) is 1.52. The Labute approximate surface area is 187 Å². The van der Waals surface area contributed by atoms with Crippen molar-refractivity contribution >= 4 is 5.91 Å². The Balaban J connectivity index is 1.36. The van der Waals surface area contributed by atoms with Gasteiger partial charge in [0.15, 0.2) is 0 Å². The van der Waals surface area contributed by atoms with Crippen molar-refractivity contribution in [1.82, 2.24) is 10.2 Å². The lowest BCUT2D eigenvalue weighted by Crippen LogP contribution is -2.35. The molecular formula is C27H36N2O2. The molecule has 1 amide bonds. The predicted molar refractivity (Wildman–Crippen MR) is 126 cm³/mol. The first-order chi connectivity index (χ1) is 14.9. The molecule has 31 heavy (non-hydrogen) atoms. The van der Waals surface area contributed by atoms with E-state index in [1.165, 1.54) is 19.3 Å². The number of carbonyl (C=O) groups excluding carboxylic acids is 1. The lowest BCUT2D eigenvalue weighted by Gasteiger charge is -2.29. The first-order valence-corrected chi connectivity index (χ1v) is 11.7. The highest BCUT2D eigenvalue weighted by Gasteiger charge is 2.34. The van der Waals surface area contributed by atoms with E-state index in [0.29, 0.717) is 17.4 Å². The molecule has 0 bridgehead atoms. The van der Waals surface area contributed by atoms with Crippen LogP contribution in [-0.4, -0.2) is 43.6 Å². The highest BCUT2D eigenvalue weighted by molar-refractivity contribution is 5.94. The van der Waals surface area contributed by atoms with Crippen molar-refractivity contribution in [2.24, 2.45) is 11.3 Å². The van der Waals surface area contributed by atoms with Crippen molar-refractivity contribution in [3.8, 4) is 16.9 Å². The monoisotopic (exact) mass is 420 g/mol. The van der Waals surface area contributed by atoms with Crippen LogP contribution in [0.2, 0.25) is 0 Å². The van der Waals surface area contributed by atoms with E-state index in [-0.39, 0.29) is 5.91 Å². The number of hydrogen-bond acceptors (Lipinski definition) is 3. The Morgan fingerprint density at radius 1 is 1.06 bits per heavy atom. The number of likely N-dealkylation sites (tertiary alicyclic amines) is 1. The van der Waals surface area contributed by atoms with Crippen molar-refractivity contribution in [1.29, 1.82) is 0 Å². The fourth-order valence-electron chi connectivity index (χ4n) is 4.95. The van der Waals surface area contributed by atoms with Crippen molar-refractivity contribution in [3.63, 3.8) is 0 Å². The molecule has 1 atom stereocenters. The van der Waals surface area contributed by atoms with Gasteiger partial charge in [-0.05, 0) is 79.5 Å². The molecule has 2 aromatic carbocycles. The van der Waals surface area contributed by atoms with Gasteiger partial charge in [0.1, 0.15) is 11.9 Å². The van der Waals surface area contributed by atoms with E-state index in [4.69, 9.17) is 4.74 Å². The van der Waals surface area contributed by atoms with Crippen LogP contribution in [0.4, 0.5) is 0 Å². The van der Waals surface area contributed by atoms with E-state index in [0.717, 1.165) is 54.9 Å². The Bertz CT molecular complexity index is 882. The zero-order valence-corrected chi connectivity index (χ0v) is 19.2. The van der Waals surface area contributed by atoms with E-state index in [9.17, 15) is 4.79 Å². The summed E-state index contributed by atoms with van der Waals surface area (Å²) in [6, 6.07) is 16.2. The minimum atomic E-state index is 0.0219. The molecule has 1 unspecified atom stereocenters. The van der Waals surface area contributed by atoms with E-state index in [1.54, 1.807) is 0 Å². The van der Waals surface area contributed by atoms with Crippen LogP contribution in [0.5, 0.6) is 5.75 Å². The molecule has 2 aliphatic rings. The van der Waals surface area contributed by atoms with Gasteiger partial charge in [-0.25, -0.2) is 0 Å². The Kier molecular flexibility index (Phi) is 6.66. The average Bonchev–Trinajstić information content (AvgIpc) is 3.12. The maximum absolute atomic E-state index is 12.6. The number of nitrogens with zero attached hydrogens (tertiary/aromatic N) is 1. The second-order valence-corrected chi connectivity index (χ2v) is 10.0. The average molecular weight is 421 g/mol. The van der Waals surface area contributed by atoms with Gasteiger partial charge in [-0.15, -0.1) is 0 Å². The highest BCUT2D eigenvalue weighted by Crippen LogP contribution is 2.42. The Hall–Kier alpha value is -2.33. The SMILES string of the molecule is CN1CCC(Oc2cccc(-c3ccc(C(=O)NCC4CCCC4(C)C)cc3)c2)CC1. The van der Waals surface area contributed by atoms with E-state index in [2.05, 4.69) is 43.2 Å². The minimum Gasteiger partial charge on any atom is -0.490 e. The van der Waals surface area contributed by atoms with Gasteiger partial charge >= 0.3 is 0 Å². The maximum atomic E-state index is 12.6. The fraction of sp³-hybridized carbons (Fsp3) is 0.519. The van der Waals surface area contributed by atoms with Gasteiger partial charge in [0.25, 0.3) is 5.91 Å². The number of benzene rings is 2. The largest absolute Gasteiger partial charge is 0.490 e. The summed E-state index contributed by atoms with van der Waals surface area (Å²) in [4.78, 5) is 15.0. The summed E-state index contributed by atoms with van der Waals surface area (Å²) in [5.41, 5.74) is 3.27. The van der Waals surface area contributed by atoms with Crippen LogP contribution in [0.3, 0.4) is 0 Å². The van der Waals surface area contributed by atoms with Gasteiger partial charge in [0, 0.05) is 25.2 Å². The third-order valence-corrected chi connectivity index (χ3v) is 7.27. The maximum Gasteiger partial charge on any atom is 0.251 e. The van der Waals surface area contributed by atoms with Crippen LogP contribution in [0.15, 0.2) is 48.5 Å². The van der Waals surface area contributed by atoms with Crippen molar-refractivity contribution < 1.29 is 9.53 Å². The van der Waals surface area contributed by atoms with Crippen LogP contribution in [0, 0.1) is 11.3 Å². The van der Waals surface area contributed by atoms with Gasteiger partial charge in [-0.2, -0.15) is 0 Å². The number of ether oxygens (including phenoxy) is 1. The molecule has 4 heteroatoms. The van der Waals surface area contributed by atoms with Crippen LogP contribution in [-0.2, 0) is 0 Å². The normalized spacial score (nSPS) is 21.7. The second kappa shape index (κ2) is 9.44. The first kappa shape index (κ1) is 21.9. The number of piperidine rings is 1. The number of rotatable bonds is 6. The number of amides is 1. The molecule has 166 valence electrons. The van der Waals surface area contributed by atoms with E-state index in [1.807, 2.05) is 36.4 Å². The Morgan fingerprint density at radius 3 is 2.48 bits per heavy atom. The molecule has 0 spiro atoms. The molecule has 4 nitrogen and oxygen atoms in total. The minimum absolute atomic E-state index is 0.0219. The highest BCUT2D eigenvalue weighted by atomic mass is 16.5. The lowest BCUT2D eigenvalue weighted by atomic mass is 9.82. The first-order valence-electron chi connectivity index (χ1n) is 11.7. The molecular weight excluding hydrogens is 384 g/mol. The third kappa shape index (κ3) is 5.48. The van der Waals surface area contributed by atoms with E-state index >= 15 is 0 Å². The van der Waals surface area contributed by atoms with Crippen LogP contribution in [0.1, 0.15) is 56.3 Å². The molecule has 4 rings (SSSR count). The summed E-state index contributed by atoms with van der Waals surface area (Å²) in [6.07, 6.45) is 6.17. The molecule has 0 radical (unpaired) electrons. The molecule has 1 N–H and O–H groups in total. The van der Waals surface area contributed by atoms with E-state index < -0.39 is 0 Å². The van der Waals surface area contributed by atoms with Gasteiger partial charge in [-0.3, -0.25) is 4.79 Å². The number of hydrogen-bond donors (Lipinski definition) is 1. The van der Waals surface area contributed by atoms with Crippen LogP contribution >= 0.6 is 0 Å². The third-order valence-electron chi connectivity index (χ3n) is 7.27. The summed E-state index contributed by atoms with van der Waals surface area (Å²) in [7, 11) is 2.16. The Morgan fingerprint density at radius 2 is 1.81 bits per heavy atom. The molecule has 2 aromatic rings. The molecule has 1 saturated carbocycles. The topological polar surface area (TPSA) is 41.6 Å². The number of nitrogens with one attached hydrogen (secondary N) is 1. The molecule has 2 fully saturated rings. The fourth-order valence-corrected chi connectivity index (χ4v) is 4.95. The molecule has 1 aliphatic carbocycles. The van der Waals surface area contributed by atoms with Crippen molar-refractivity contribution in [3.05, 3.63) is 54.1 Å².